The van der Waals surface area contributed by atoms with Gasteiger partial charge >= 0.3 is 17.1 Å². The number of aromatic nitrogens is 6. The van der Waals surface area contributed by atoms with Crippen LogP contribution in [0.2, 0.25) is 15.1 Å². The molecule has 0 spiro atoms. The number of hydrogen-bond acceptors (Lipinski definition) is 19. The summed E-state index contributed by atoms with van der Waals surface area (Å²) in [6.07, 6.45) is 0.258. The average Bonchev–Trinajstić information content (AvgIpc) is 1.06. The minimum absolute atomic E-state index is 0.0147. The SMILES string of the molecule is C=CC(=O)N1CCN(c2nc(=O)n3c4c(c(-c5ccc(F)cc5F)c(Cl)cc24)OCC3CN2CC(F)C(F)C2)[C@@H](C)C1.C=CC(=O)N1CCN(c2nc(=O)n3c4c(c(-c5ccc(F)cc5F)c(Cl)cc24)OCC3CN2CCC(F)(F)C2)[C@@H](C)C1.C=CC(=O)N1CCN(c2nc(=O)n3c4c(c(-c5ccc(F)cc5F)c(Cl)cc24)OCC3CN2CCOCC2)[C@@H](C)C1. The second-order valence-electron chi connectivity index (χ2n) is 32.5. The first-order chi connectivity index (χ1) is 59.8. The highest BCUT2D eigenvalue weighted by molar-refractivity contribution is 6.36. The summed E-state index contributed by atoms with van der Waals surface area (Å²) in [6.45, 7) is 22.8. The van der Waals surface area contributed by atoms with Crippen molar-refractivity contribution in [1.29, 1.82) is 0 Å². The van der Waals surface area contributed by atoms with Gasteiger partial charge in [0.15, 0.2) is 17.2 Å². The summed E-state index contributed by atoms with van der Waals surface area (Å²) >= 11 is 20.3. The highest BCUT2D eigenvalue weighted by Gasteiger charge is 2.44. The molecule has 25 nitrogen and oxygen atoms in total. The van der Waals surface area contributed by atoms with E-state index in [-0.39, 0.29) is 167 Å². The van der Waals surface area contributed by atoms with Crippen molar-refractivity contribution < 1.29 is 77.2 Å². The summed E-state index contributed by atoms with van der Waals surface area (Å²) < 4.78 is 171. The number of carbonyl (C=O) groups is 3. The van der Waals surface area contributed by atoms with Gasteiger partial charge in [0.05, 0.1) is 69.5 Å². The van der Waals surface area contributed by atoms with Gasteiger partial charge in [-0.2, -0.15) is 15.0 Å². The van der Waals surface area contributed by atoms with E-state index in [2.05, 4.69) is 39.6 Å². The lowest BCUT2D eigenvalue weighted by molar-refractivity contribution is -0.127. The Morgan fingerprint density at radius 3 is 1.06 bits per heavy atom. The lowest BCUT2D eigenvalue weighted by atomic mass is 9.99. The Hall–Kier alpha value is -10.8. The molecule has 3 amide bonds. The summed E-state index contributed by atoms with van der Waals surface area (Å²) in [5.41, 5.74) is -0.0559. The number of rotatable bonds is 15. The molecule has 3 aromatic heterocycles. The quantitative estimate of drug-likeness (QED) is 0.0687. The smallest absolute Gasteiger partial charge is 0.350 e. The van der Waals surface area contributed by atoms with Crippen LogP contribution in [-0.4, -0.2) is 263 Å². The van der Waals surface area contributed by atoms with Crippen molar-refractivity contribution in [2.45, 2.75) is 81.7 Å². The van der Waals surface area contributed by atoms with E-state index < -0.39 is 88.9 Å². The second-order valence-corrected chi connectivity index (χ2v) is 33.7. The first-order valence-electron chi connectivity index (χ1n) is 40.9. The van der Waals surface area contributed by atoms with E-state index in [1.165, 1.54) is 45.6 Å². The number of carbonyl (C=O) groups excluding carboxylic acids is 3. The second kappa shape index (κ2) is 35.5. The number of morpholine rings is 1. The van der Waals surface area contributed by atoms with E-state index in [1.54, 1.807) is 47.3 Å². The zero-order valence-electron chi connectivity index (χ0n) is 68.1. The average molecular weight is 1800 g/mol. The van der Waals surface area contributed by atoms with Crippen molar-refractivity contribution in [3.63, 3.8) is 0 Å². The van der Waals surface area contributed by atoms with Gasteiger partial charge in [-0.3, -0.25) is 42.8 Å². The van der Waals surface area contributed by atoms with E-state index >= 15 is 13.2 Å². The topological polar surface area (TPSA) is 222 Å². The van der Waals surface area contributed by atoms with E-state index in [9.17, 15) is 59.5 Å². The molecule has 12 heterocycles. The van der Waals surface area contributed by atoms with Crippen LogP contribution in [0.15, 0.2) is 125 Å². The molecule has 38 heteroatoms. The number of hydrogen-bond donors (Lipinski definition) is 0. The van der Waals surface area contributed by atoms with Crippen molar-refractivity contribution in [2.75, 3.05) is 166 Å². The summed E-state index contributed by atoms with van der Waals surface area (Å²) in [6, 6.07) is 11.9. The number of anilines is 3. The van der Waals surface area contributed by atoms with Crippen molar-refractivity contribution in [2.24, 2.45) is 0 Å². The van der Waals surface area contributed by atoms with Crippen LogP contribution in [0, 0.1) is 34.9 Å². The number of piperazine rings is 3. The molecule has 0 saturated carbocycles. The van der Waals surface area contributed by atoms with Crippen LogP contribution < -0.4 is 46.0 Å². The zero-order chi connectivity index (χ0) is 88.6. The molecule has 6 saturated heterocycles. The number of halogens is 13. The summed E-state index contributed by atoms with van der Waals surface area (Å²) in [5, 5.41) is 1.87. The van der Waals surface area contributed by atoms with Gasteiger partial charge in [0.2, 0.25) is 17.7 Å². The van der Waals surface area contributed by atoms with Gasteiger partial charge in [-0.15, -0.1) is 0 Å². The third kappa shape index (κ3) is 17.0. The van der Waals surface area contributed by atoms with Crippen molar-refractivity contribution >= 4 is 103 Å². The van der Waals surface area contributed by atoms with Gasteiger partial charge in [0.25, 0.3) is 5.92 Å². The van der Waals surface area contributed by atoms with Crippen molar-refractivity contribution in [1.82, 2.24) is 58.1 Å². The predicted molar refractivity (Wildman–Crippen MR) is 453 cm³/mol. The maximum atomic E-state index is 15.1. The molecule has 125 heavy (non-hydrogen) atoms. The lowest BCUT2D eigenvalue weighted by Crippen LogP contribution is -2.54. The Kier molecular flexibility index (Phi) is 24.9. The summed E-state index contributed by atoms with van der Waals surface area (Å²) in [7, 11) is 0. The molecule has 6 aromatic carbocycles. The molecule has 0 bridgehead atoms. The van der Waals surface area contributed by atoms with Crippen molar-refractivity contribution in [3.05, 3.63) is 192 Å². The normalized spacial score (nSPS) is 22.5. The van der Waals surface area contributed by atoms with E-state index in [0.717, 1.165) is 49.5 Å². The van der Waals surface area contributed by atoms with Crippen LogP contribution in [0.4, 0.5) is 61.4 Å². The van der Waals surface area contributed by atoms with E-state index in [4.69, 9.17) is 53.8 Å². The molecule has 6 fully saturated rings. The number of ether oxygens (including phenoxy) is 4. The van der Waals surface area contributed by atoms with E-state index in [0.29, 0.717) is 129 Å². The zero-order valence-corrected chi connectivity index (χ0v) is 70.3. The highest BCUT2D eigenvalue weighted by atomic mass is 35.5. The fraction of sp³-hybridized carbons (Fsp3) is 0.414. The number of nitrogens with zero attached hydrogens (tertiary/aromatic N) is 15. The van der Waals surface area contributed by atoms with Gasteiger partial charge < -0.3 is 48.3 Å². The lowest BCUT2D eigenvalue weighted by Gasteiger charge is -2.41. The fourth-order valence-electron chi connectivity index (χ4n) is 18.5. The van der Waals surface area contributed by atoms with Crippen LogP contribution in [0.25, 0.3) is 66.1 Å². The molecule has 0 N–H and O–H groups in total. The van der Waals surface area contributed by atoms with Gasteiger partial charge in [-0.1, -0.05) is 54.5 Å². The monoisotopic (exact) mass is 1800 g/mol. The molecule has 0 aliphatic carbocycles. The molecular weight excluding hydrogens is 1710 g/mol. The minimum Gasteiger partial charge on any atom is -0.488 e. The standard InChI is InChI=1S/2C29H28ClF4N5O3.C29H30ClF2N5O4/c1-3-24(40)37-6-7-38(15(2)10-37)28-19-9-20(30)25(18-5-4-16(31)8-21(18)32)27-26(19)39(29(41)35-28)17(14-42-27)11-36-12-22(33)23(34)13-36;1-3-23(40)37-8-9-38(16(2)12-37)27-20-11-21(30)24(19-5-4-17(31)10-22(19)32)26-25(20)39(28(41)35-27)18(14-42-26)13-36-7-6-29(33,34)15-36;1-3-24(38)35-6-7-36(17(2)14-35)28-21-13-22(30)25(20-5-4-18(31)12-23(20)32)27-26(21)37(29(39)33-28)19(16-41-27)15-34-8-10-40-11-9-34/h3-5,8-9,15,17,22-23H,1,6-7,10-14H2,2H3;3-5,10-11,16,18H,1,6-9,12-15H2,2H3;3-5,12-13,17,19H,1,6-11,14-16H2,2H3/t15-,17?,22?,23?;16-,18?;17-,19?/m000/s1. The maximum Gasteiger partial charge on any atom is 0.350 e. The van der Waals surface area contributed by atoms with Crippen LogP contribution in [0.1, 0.15) is 45.3 Å². The molecule has 18 rings (SSSR count). The molecule has 0 radical (unpaired) electrons. The number of amides is 3. The third-order valence-electron chi connectivity index (χ3n) is 24.4. The molecule has 660 valence electrons. The van der Waals surface area contributed by atoms with Gasteiger partial charge in [0.1, 0.15) is 84.5 Å². The van der Waals surface area contributed by atoms with Gasteiger partial charge in [0, 0.05) is 204 Å². The third-order valence-corrected chi connectivity index (χ3v) is 25.3. The Balaban J connectivity index is 0.000000138. The van der Waals surface area contributed by atoms with Gasteiger partial charge in [-0.25, -0.2) is 58.3 Å². The minimum atomic E-state index is -2.82. The number of alkyl halides is 4. The maximum absolute atomic E-state index is 15.1. The van der Waals surface area contributed by atoms with Crippen LogP contribution >= 0.6 is 34.8 Å². The Morgan fingerprint density at radius 2 is 0.768 bits per heavy atom. The predicted octanol–water partition coefficient (Wildman–Crippen LogP) is 12.1. The molecule has 5 unspecified atom stereocenters. The molecule has 9 aromatic rings. The highest BCUT2D eigenvalue weighted by Crippen LogP contribution is 2.52. The van der Waals surface area contributed by atoms with Gasteiger partial charge in [-0.05, 0) is 93.6 Å². The Labute approximate surface area is 724 Å². The van der Waals surface area contributed by atoms with Crippen molar-refractivity contribution in [3.8, 4) is 50.6 Å². The van der Waals surface area contributed by atoms with E-state index in [1.807, 2.05) is 35.5 Å². The fourth-order valence-corrected chi connectivity index (χ4v) is 19.3. The molecule has 9 aliphatic heterocycles. The molecular formula is C87H86Cl3F10N15O10. The van der Waals surface area contributed by atoms with Crippen LogP contribution in [0.3, 0.4) is 0 Å². The first-order valence-corrected chi connectivity index (χ1v) is 42.0. The number of likely N-dealkylation sites (tertiary alicyclic amines) is 2. The van der Waals surface area contributed by atoms with Crippen LogP contribution in [0.5, 0.6) is 17.2 Å². The summed E-state index contributed by atoms with van der Waals surface area (Å²) in [4.78, 5) is 108. The molecule has 8 atom stereocenters. The number of benzene rings is 6. The largest absolute Gasteiger partial charge is 0.488 e. The molecule has 9 aliphatic rings. The first kappa shape index (κ1) is 87.6. The van der Waals surface area contributed by atoms with Crippen LogP contribution in [-0.2, 0) is 19.1 Å². The Morgan fingerprint density at radius 1 is 0.448 bits per heavy atom. The summed E-state index contributed by atoms with van der Waals surface area (Å²) in [5.74, 6) is -6.59. The Bertz CT molecular complexity index is 5820.